The first-order chi connectivity index (χ1) is 14.9. The number of carbonyl (C=O) groups is 2. The third-order valence-corrected chi connectivity index (χ3v) is 5.99. The van der Waals surface area contributed by atoms with Crippen molar-refractivity contribution in [1.82, 2.24) is 9.47 Å². The topological polar surface area (TPSA) is 71.4 Å². The largest absolute Gasteiger partial charge is 0.343 e. The van der Waals surface area contributed by atoms with Gasteiger partial charge < -0.3 is 14.8 Å². The summed E-state index contributed by atoms with van der Waals surface area (Å²) in [6, 6.07) is 11.7. The zero-order chi connectivity index (χ0) is 22.0. The van der Waals surface area contributed by atoms with Crippen LogP contribution < -0.4 is 10.9 Å². The van der Waals surface area contributed by atoms with Crippen molar-refractivity contribution in [3.8, 4) is 0 Å². The molecule has 2 heterocycles. The summed E-state index contributed by atoms with van der Waals surface area (Å²) in [5.41, 5.74) is 0.694. The lowest BCUT2D eigenvalue weighted by Gasteiger charge is -2.16. The highest BCUT2D eigenvalue weighted by Crippen LogP contribution is 2.25. The lowest BCUT2D eigenvalue weighted by Crippen LogP contribution is -2.28. The number of likely N-dealkylation sites (tertiary alicyclic amines) is 1. The summed E-state index contributed by atoms with van der Waals surface area (Å²) in [7, 11) is 0. The number of nitrogens with one attached hydrogen (secondary N) is 1. The van der Waals surface area contributed by atoms with Gasteiger partial charge in [0.2, 0.25) is 5.91 Å². The molecule has 4 rings (SSSR count). The number of aromatic nitrogens is 1. The summed E-state index contributed by atoms with van der Waals surface area (Å²) >= 11 is 12.0. The number of hydrogen-bond acceptors (Lipinski definition) is 3. The summed E-state index contributed by atoms with van der Waals surface area (Å²) in [5, 5.41) is 4.70. The third kappa shape index (κ3) is 4.60. The van der Waals surface area contributed by atoms with E-state index in [1.807, 2.05) is 11.0 Å². The first kappa shape index (κ1) is 21.4. The first-order valence-corrected chi connectivity index (χ1v) is 10.9. The third-order valence-electron chi connectivity index (χ3n) is 5.44. The Morgan fingerprint density at radius 1 is 1.03 bits per heavy atom. The summed E-state index contributed by atoms with van der Waals surface area (Å²) in [6.07, 6.45) is 3.96. The van der Waals surface area contributed by atoms with E-state index in [1.165, 1.54) is 6.07 Å². The molecule has 1 N–H and O–H groups in total. The number of amides is 2. The molecule has 3 aromatic rings. The Hall–Kier alpha value is -2.83. The average Bonchev–Trinajstić information content (AvgIpc) is 3.15. The van der Waals surface area contributed by atoms with Crippen LogP contribution in [0.25, 0.3) is 10.8 Å². The molecule has 160 valence electrons. The molecule has 0 bridgehead atoms. The van der Waals surface area contributed by atoms with Gasteiger partial charge in [-0.1, -0.05) is 29.3 Å². The molecule has 0 aliphatic carbocycles. The molecule has 2 amide bonds. The highest BCUT2D eigenvalue weighted by Gasteiger charge is 2.19. The van der Waals surface area contributed by atoms with Crippen molar-refractivity contribution < 1.29 is 9.59 Å². The van der Waals surface area contributed by atoms with E-state index in [-0.39, 0.29) is 22.4 Å². The minimum Gasteiger partial charge on any atom is -0.343 e. The molecule has 1 aliphatic rings. The number of benzene rings is 2. The predicted octanol–water partition coefficient (Wildman–Crippen LogP) is 4.57. The summed E-state index contributed by atoms with van der Waals surface area (Å²) in [5.74, 6) is -0.194. The van der Waals surface area contributed by atoms with Crippen LogP contribution in [0.3, 0.4) is 0 Å². The zero-order valence-electron chi connectivity index (χ0n) is 16.7. The van der Waals surface area contributed by atoms with Gasteiger partial charge in [0.15, 0.2) is 0 Å². The number of nitrogens with zero attached hydrogens (tertiary/aromatic N) is 2. The fourth-order valence-electron chi connectivity index (χ4n) is 3.84. The van der Waals surface area contributed by atoms with Gasteiger partial charge in [0, 0.05) is 53.7 Å². The van der Waals surface area contributed by atoms with Crippen molar-refractivity contribution in [3.63, 3.8) is 0 Å². The van der Waals surface area contributed by atoms with E-state index in [0.717, 1.165) is 13.0 Å². The van der Waals surface area contributed by atoms with Gasteiger partial charge in [-0.05, 0) is 49.2 Å². The molecule has 1 aliphatic heterocycles. The van der Waals surface area contributed by atoms with Crippen LogP contribution in [0.15, 0.2) is 53.5 Å². The summed E-state index contributed by atoms with van der Waals surface area (Å²) in [4.78, 5) is 39.2. The van der Waals surface area contributed by atoms with Crippen LogP contribution in [0.2, 0.25) is 10.0 Å². The van der Waals surface area contributed by atoms with E-state index in [1.54, 1.807) is 41.1 Å². The average molecular weight is 458 g/mol. The number of rotatable bonds is 6. The molecule has 0 atom stereocenters. The molecular formula is C23H21Cl2N3O3. The van der Waals surface area contributed by atoms with Gasteiger partial charge in [-0.25, -0.2) is 0 Å². The van der Waals surface area contributed by atoms with Crippen LogP contribution in [0.5, 0.6) is 0 Å². The zero-order valence-corrected chi connectivity index (χ0v) is 18.2. The standard InChI is InChI=1S/C23H21Cl2N3O3/c24-15-7-8-18(19(25)14-15)22(30)26-20-5-1-4-17-16(20)9-13-28(23(17)31)12-3-11-27-10-2-6-21(27)29/h1,4-5,7-9,13-14H,2-3,6,10-12H2,(H,26,30). The molecular weight excluding hydrogens is 437 g/mol. The van der Waals surface area contributed by atoms with Crippen molar-refractivity contribution in [2.24, 2.45) is 0 Å². The number of fused-ring (bicyclic) bond motifs is 1. The lowest BCUT2D eigenvalue weighted by molar-refractivity contribution is -0.127. The monoisotopic (exact) mass is 457 g/mol. The van der Waals surface area contributed by atoms with E-state index in [0.29, 0.717) is 53.0 Å². The molecule has 1 saturated heterocycles. The number of halogens is 2. The maximum absolute atomic E-state index is 13.0. The van der Waals surface area contributed by atoms with Crippen LogP contribution in [-0.4, -0.2) is 34.4 Å². The van der Waals surface area contributed by atoms with Crippen LogP contribution in [0.4, 0.5) is 5.69 Å². The smallest absolute Gasteiger partial charge is 0.258 e. The molecule has 0 spiro atoms. The molecule has 0 saturated carbocycles. The van der Waals surface area contributed by atoms with E-state index in [4.69, 9.17) is 23.2 Å². The highest BCUT2D eigenvalue weighted by molar-refractivity contribution is 6.37. The second-order valence-corrected chi connectivity index (χ2v) is 8.34. The maximum Gasteiger partial charge on any atom is 0.258 e. The Morgan fingerprint density at radius 2 is 1.87 bits per heavy atom. The van der Waals surface area contributed by atoms with Crippen molar-refractivity contribution in [2.75, 3.05) is 18.4 Å². The first-order valence-electron chi connectivity index (χ1n) is 10.1. The predicted molar refractivity (Wildman–Crippen MR) is 123 cm³/mol. The SMILES string of the molecule is O=C(Nc1cccc2c(=O)n(CCCN3CCCC3=O)ccc12)c1ccc(Cl)cc1Cl. The Labute approximate surface area is 189 Å². The summed E-state index contributed by atoms with van der Waals surface area (Å²) in [6.45, 7) is 1.98. The number of carbonyl (C=O) groups excluding carboxylic acids is 2. The van der Waals surface area contributed by atoms with Crippen molar-refractivity contribution in [2.45, 2.75) is 25.8 Å². The quantitative estimate of drug-likeness (QED) is 0.588. The van der Waals surface area contributed by atoms with E-state index >= 15 is 0 Å². The number of pyridine rings is 1. The normalized spacial score (nSPS) is 13.7. The molecule has 1 fully saturated rings. The molecule has 0 unspecified atom stereocenters. The molecule has 1 aromatic heterocycles. The highest BCUT2D eigenvalue weighted by atomic mass is 35.5. The van der Waals surface area contributed by atoms with Gasteiger partial charge in [-0.3, -0.25) is 14.4 Å². The van der Waals surface area contributed by atoms with Crippen LogP contribution >= 0.6 is 23.2 Å². The summed E-state index contributed by atoms with van der Waals surface area (Å²) < 4.78 is 1.64. The van der Waals surface area contributed by atoms with E-state index in [9.17, 15) is 14.4 Å². The fourth-order valence-corrected chi connectivity index (χ4v) is 4.33. The number of hydrogen-bond donors (Lipinski definition) is 1. The maximum atomic E-state index is 13.0. The van der Waals surface area contributed by atoms with Crippen LogP contribution in [0, 0.1) is 0 Å². The van der Waals surface area contributed by atoms with Crippen molar-refractivity contribution >= 4 is 51.5 Å². The van der Waals surface area contributed by atoms with Gasteiger partial charge in [-0.2, -0.15) is 0 Å². The Bertz CT molecular complexity index is 1220. The van der Waals surface area contributed by atoms with Crippen LogP contribution in [0.1, 0.15) is 29.6 Å². The number of aryl methyl sites for hydroxylation is 1. The van der Waals surface area contributed by atoms with Gasteiger partial charge >= 0.3 is 0 Å². The molecule has 31 heavy (non-hydrogen) atoms. The minimum absolute atomic E-state index is 0.133. The van der Waals surface area contributed by atoms with Crippen molar-refractivity contribution in [1.29, 1.82) is 0 Å². The fraction of sp³-hybridized carbons (Fsp3) is 0.261. The van der Waals surface area contributed by atoms with Gasteiger partial charge in [-0.15, -0.1) is 0 Å². The van der Waals surface area contributed by atoms with Gasteiger partial charge in [0.1, 0.15) is 0 Å². The van der Waals surface area contributed by atoms with Gasteiger partial charge in [0.05, 0.1) is 10.6 Å². The molecule has 0 radical (unpaired) electrons. The Morgan fingerprint density at radius 3 is 2.61 bits per heavy atom. The Kier molecular flexibility index (Phi) is 6.30. The Balaban J connectivity index is 1.53. The minimum atomic E-state index is -0.381. The van der Waals surface area contributed by atoms with E-state index in [2.05, 4.69) is 5.32 Å². The second-order valence-electron chi connectivity index (χ2n) is 7.50. The molecule has 2 aromatic carbocycles. The van der Waals surface area contributed by atoms with Crippen LogP contribution in [-0.2, 0) is 11.3 Å². The van der Waals surface area contributed by atoms with E-state index < -0.39 is 0 Å². The van der Waals surface area contributed by atoms with Gasteiger partial charge in [0.25, 0.3) is 11.5 Å². The second kappa shape index (κ2) is 9.12. The lowest BCUT2D eigenvalue weighted by atomic mass is 10.1. The number of anilines is 1. The van der Waals surface area contributed by atoms with Crippen molar-refractivity contribution in [3.05, 3.63) is 74.6 Å². The molecule has 8 heteroatoms. The molecule has 6 nitrogen and oxygen atoms in total.